The summed E-state index contributed by atoms with van der Waals surface area (Å²) in [6.45, 7) is 1.65. The third-order valence-electron chi connectivity index (χ3n) is 2.36. The summed E-state index contributed by atoms with van der Waals surface area (Å²) in [6.07, 6.45) is 0. The molecule has 2 N–H and O–H groups in total. The minimum atomic E-state index is -4.30. The van der Waals surface area contributed by atoms with Crippen molar-refractivity contribution in [2.24, 2.45) is 0 Å². The number of H-pyrrole nitrogens is 1. The predicted octanol–water partition coefficient (Wildman–Crippen LogP) is 1.57. The second kappa shape index (κ2) is 4.89. The maximum Gasteiger partial charge on any atom is 0.271 e. The number of aromatic nitrogens is 2. The highest BCUT2D eigenvalue weighted by Crippen LogP contribution is 2.23. The van der Waals surface area contributed by atoms with E-state index in [4.69, 9.17) is 0 Å². The lowest BCUT2D eigenvalue weighted by atomic mass is 10.3. The maximum absolute atomic E-state index is 13.6. The van der Waals surface area contributed by atoms with Gasteiger partial charge in [0.25, 0.3) is 15.7 Å². The van der Waals surface area contributed by atoms with Crippen LogP contribution in [0.2, 0.25) is 0 Å². The molecule has 0 aliphatic carbocycles. The summed E-state index contributed by atoms with van der Waals surface area (Å²) in [4.78, 5) is 8.98. The van der Waals surface area contributed by atoms with Crippen LogP contribution in [0.3, 0.4) is 0 Å². The average Bonchev–Trinajstić information content (AvgIpc) is 2.73. The van der Waals surface area contributed by atoms with Gasteiger partial charge in [0.15, 0.2) is 5.82 Å². The third kappa shape index (κ3) is 2.74. The molecule has 20 heavy (non-hydrogen) atoms. The molecule has 0 atom stereocenters. The number of non-ortho nitro benzene ring substituents is 1. The molecule has 106 valence electrons. The Morgan fingerprint density at radius 3 is 2.65 bits per heavy atom. The highest BCUT2D eigenvalue weighted by atomic mass is 32.2. The Bertz CT molecular complexity index is 771. The van der Waals surface area contributed by atoms with Gasteiger partial charge in [0.05, 0.1) is 4.92 Å². The number of nitro groups is 1. The molecule has 1 aromatic heterocycles. The van der Waals surface area contributed by atoms with Crippen molar-refractivity contribution >= 4 is 21.5 Å². The first kappa shape index (κ1) is 13.9. The fraction of sp³-hybridized carbons (Fsp3) is 0.100. The quantitative estimate of drug-likeness (QED) is 0.656. The van der Waals surface area contributed by atoms with Crippen molar-refractivity contribution in [1.82, 2.24) is 10.2 Å². The number of nitrogens with zero attached hydrogens (tertiary/aromatic N) is 2. The molecule has 0 saturated heterocycles. The van der Waals surface area contributed by atoms with Crippen molar-refractivity contribution in [3.63, 3.8) is 0 Å². The molecule has 0 radical (unpaired) electrons. The van der Waals surface area contributed by atoms with Crippen molar-refractivity contribution in [2.75, 3.05) is 4.72 Å². The molecule has 10 heteroatoms. The second-order valence-electron chi connectivity index (χ2n) is 3.91. The molecule has 1 aromatic carbocycles. The van der Waals surface area contributed by atoms with E-state index < -0.39 is 31.3 Å². The first-order valence-electron chi connectivity index (χ1n) is 5.28. The molecule has 0 spiro atoms. The molecule has 8 nitrogen and oxygen atoms in total. The number of nitrogens with one attached hydrogen (secondary N) is 2. The molecule has 0 bridgehead atoms. The van der Waals surface area contributed by atoms with Crippen LogP contribution in [0, 0.1) is 22.9 Å². The van der Waals surface area contributed by atoms with Crippen molar-refractivity contribution < 1.29 is 17.7 Å². The number of sulfonamides is 1. The van der Waals surface area contributed by atoms with Gasteiger partial charge in [0, 0.05) is 23.9 Å². The number of aryl methyl sites for hydroxylation is 1. The Morgan fingerprint density at radius 2 is 2.10 bits per heavy atom. The van der Waals surface area contributed by atoms with E-state index in [-0.39, 0.29) is 5.82 Å². The van der Waals surface area contributed by atoms with E-state index in [1.54, 1.807) is 6.92 Å². The predicted molar refractivity (Wildman–Crippen MR) is 67.2 cm³/mol. The number of hydrogen-bond acceptors (Lipinski definition) is 5. The highest BCUT2D eigenvalue weighted by molar-refractivity contribution is 7.92. The Hall–Kier alpha value is -2.49. The Morgan fingerprint density at radius 1 is 1.40 bits per heavy atom. The minimum absolute atomic E-state index is 0.0339. The zero-order valence-electron chi connectivity index (χ0n) is 10.1. The SMILES string of the molecule is Cc1cc(NS(=O)(=O)c2cc([N+](=O)[O-])ccc2F)n[nH]1. The van der Waals surface area contributed by atoms with Crippen molar-refractivity contribution in [3.8, 4) is 0 Å². The molecule has 0 unspecified atom stereocenters. The maximum atomic E-state index is 13.6. The zero-order valence-corrected chi connectivity index (χ0v) is 10.9. The lowest BCUT2D eigenvalue weighted by Gasteiger charge is -2.06. The number of hydrogen-bond donors (Lipinski definition) is 2. The summed E-state index contributed by atoms with van der Waals surface area (Å²) >= 11 is 0. The van der Waals surface area contributed by atoms with Crippen molar-refractivity contribution in [3.05, 3.63) is 45.9 Å². The summed E-state index contributed by atoms with van der Waals surface area (Å²) in [5.74, 6) is -1.12. The zero-order chi connectivity index (χ0) is 14.9. The third-order valence-corrected chi connectivity index (χ3v) is 3.73. The number of nitro benzene ring substituents is 1. The molecule has 1 heterocycles. The van der Waals surface area contributed by atoms with Crippen LogP contribution in [0.5, 0.6) is 0 Å². The van der Waals surface area contributed by atoms with Gasteiger partial charge in [-0.3, -0.25) is 19.9 Å². The van der Waals surface area contributed by atoms with Gasteiger partial charge >= 0.3 is 0 Å². The minimum Gasteiger partial charge on any atom is -0.281 e. The average molecular weight is 300 g/mol. The fourth-order valence-corrected chi connectivity index (χ4v) is 2.57. The van der Waals surface area contributed by atoms with Gasteiger partial charge in [-0.05, 0) is 13.0 Å². The number of aromatic amines is 1. The van der Waals surface area contributed by atoms with E-state index in [0.717, 1.165) is 12.1 Å². The second-order valence-corrected chi connectivity index (χ2v) is 5.56. The van der Waals surface area contributed by atoms with Gasteiger partial charge in [-0.2, -0.15) is 5.10 Å². The summed E-state index contributed by atoms with van der Waals surface area (Å²) in [6, 6.07) is 3.65. The van der Waals surface area contributed by atoms with Crippen molar-refractivity contribution in [1.29, 1.82) is 0 Å². The van der Waals surface area contributed by atoms with Crippen molar-refractivity contribution in [2.45, 2.75) is 11.8 Å². The molecular formula is C10H9FN4O4S. The molecular weight excluding hydrogens is 291 g/mol. The van der Waals surface area contributed by atoms with Crippen LogP contribution in [-0.2, 0) is 10.0 Å². The summed E-state index contributed by atoms with van der Waals surface area (Å²) in [7, 11) is -4.30. The smallest absolute Gasteiger partial charge is 0.271 e. The van der Waals surface area contributed by atoms with Gasteiger partial charge in [-0.25, -0.2) is 12.8 Å². The van der Waals surface area contributed by atoms with E-state index in [1.165, 1.54) is 6.07 Å². The molecule has 2 rings (SSSR count). The molecule has 0 aliphatic rings. The van der Waals surface area contributed by atoms with Crippen LogP contribution in [0.1, 0.15) is 5.69 Å². The topological polar surface area (TPSA) is 118 Å². The van der Waals surface area contributed by atoms with Gasteiger partial charge in [-0.15, -0.1) is 0 Å². The van der Waals surface area contributed by atoms with Gasteiger partial charge in [-0.1, -0.05) is 0 Å². The lowest BCUT2D eigenvalue weighted by Crippen LogP contribution is -2.15. The monoisotopic (exact) mass is 300 g/mol. The molecule has 0 saturated carbocycles. The summed E-state index contributed by atoms with van der Waals surface area (Å²) in [5, 5.41) is 16.8. The van der Waals surface area contributed by atoms with Crippen LogP contribution in [-0.4, -0.2) is 23.5 Å². The first-order chi connectivity index (χ1) is 9.29. The van der Waals surface area contributed by atoms with Crippen LogP contribution in [0.4, 0.5) is 15.9 Å². The Balaban J connectivity index is 2.43. The van der Waals surface area contributed by atoms with Gasteiger partial charge < -0.3 is 0 Å². The van der Waals surface area contributed by atoms with Crippen LogP contribution < -0.4 is 4.72 Å². The molecule has 0 amide bonds. The van der Waals surface area contributed by atoms with Gasteiger partial charge in [0.2, 0.25) is 0 Å². The number of halogens is 1. The number of rotatable bonds is 4. The summed E-state index contributed by atoms with van der Waals surface area (Å²) < 4.78 is 39.6. The van der Waals surface area contributed by atoms with E-state index >= 15 is 0 Å². The van der Waals surface area contributed by atoms with Crippen LogP contribution in [0.15, 0.2) is 29.2 Å². The van der Waals surface area contributed by atoms with Gasteiger partial charge in [0.1, 0.15) is 10.7 Å². The lowest BCUT2D eigenvalue weighted by molar-refractivity contribution is -0.385. The number of benzene rings is 1. The number of anilines is 1. The first-order valence-corrected chi connectivity index (χ1v) is 6.77. The summed E-state index contributed by atoms with van der Waals surface area (Å²) in [5.41, 5.74) is 0.0761. The van der Waals surface area contributed by atoms with E-state index in [2.05, 4.69) is 10.2 Å². The standard InChI is InChI=1S/C10H9FN4O4S/c1-6-4-10(13-12-6)14-20(18,19)9-5-7(15(16)17)2-3-8(9)11/h2-5H,1H3,(H2,12,13,14). The fourth-order valence-electron chi connectivity index (χ4n) is 1.47. The van der Waals surface area contributed by atoms with E-state index in [0.29, 0.717) is 11.8 Å². The molecule has 0 aliphatic heterocycles. The Labute approximate surface area is 112 Å². The van der Waals surface area contributed by atoms with E-state index in [9.17, 15) is 22.9 Å². The highest BCUT2D eigenvalue weighted by Gasteiger charge is 2.23. The Kier molecular flexibility index (Phi) is 3.40. The molecule has 0 fully saturated rings. The largest absolute Gasteiger partial charge is 0.281 e. The normalized spacial score (nSPS) is 11.3. The van der Waals surface area contributed by atoms with Crippen LogP contribution >= 0.6 is 0 Å². The van der Waals surface area contributed by atoms with E-state index in [1.807, 2.05) is 4.72 Å². The van der Waals surface area contributed by atoms with Crippen LogP contribution in [0.25, 0.3) is 0 Å². The molecule has 2 aromatic rings.